The van der Waals surface area contributed by atoms with E-state index in [0.717, 1.165) is 16.5 Å². The molecule has 6 heteroatoms. The Bertz CT molecular complexity index is 918. The minimum atomic E-state index is -0.874. The zero-order chi connectivity index (χ0) is 18.5. The van der Waals surface area contributed by atoms with E-state index in [2.05, 4.69) is 10.3 Å². The van der Waals surface area contributed by atoms with E-state index in [4.69, 9.17) is 16.3 Å². The summed E-state index contributed by atoms with van der Waals surface area (Å²) in [5.74, 6) is -0.790. The van der Waals surface area contributed by atoms with Gasteiger partial charge in [-0.3, -0.25) is 9.59 Å². The predicted molar refractivity (Wildman–Crippen MR) is 102 cm³/mol. The van der Waals surface area contributed by atoms with Gasteiger partial charge in [0.1, 0.15) is 0 Å². The van der Waals surface area contributed by atoms with Gasteiger partial charge in [-0.05, 0) is 49.2 Å². The third-order valence-corrected chi connectivity index (χ3v) is 4.31. The Labute approximate surface area is 156 Å². The monoisotopic (exact) mass is 370 g/mol. The standard InChI is InChI=1S/C20H19ClN2O3/c1-13(20(25)23-16-9-7-15(21)8-10-16)26-19(24)11-6-14-12-22-18-5-3-2-4-17(14)18/h2-5,7-10,12-13,22H,6,11H2,1H3,(H,23,25)/t13-/m1/s1. The molecule has 3 aromatic rings. The number of nitrogens with one attached hydrogen (secondary N) is 2. The van der Waals surface area contributed by atoms with Crippen LogP contribution in [0.4, 0.5) is 5.69 Å². The maximum Gasteiger partial charge on any atom is 0.306 e. The molecule has 0 unspecified atom stereocenters. The van der Waals surface area contributed by atoms with Gasteiger partial charge in [0.15, 0.2) is 6.10 Å². The van der Waals surface area contributed by atoms with Gasteiger partial charge in [-0.1, -0.05) is 29.8 Å². The van der Waals surface area contributed by atoms with Crippen molar-refractivity contribution in [3.63, 3.8) is 0 Å². The fraction of sp³-hybridized carbons (Fsp3) is 0.200. The highest BCUT2D eigenvalue weighted by Crippen LogP contribution is 2.19. The Morgan fingerprint density at radius 2 is 1.88 bits per heavy atom. The Balaban J connectivity index is 1.50. The van der Waals surface area contributed by atoms with Crippen LogP contribution >= 0.6 is 11.6 Å². The lowest BCUT2D eigenvalue weighted by Gasteiger charge is -2.13. The van der Waals surface area contributed by atoms with Crippen molar-refractivity contribution in [3.8, 4) is 0 Å². The highest BCUT2D eigenvalue weighted by Gasteiger charge is 2.18. The number of anilines is 1. The molecule has 2 aromatic carbocycles. The van der Waals surface area contributed by atoms with Crippen LogP contribution in [0.3, 0.4) is 0 Å². The van der Waals surface area contributed by atoms with Gasteiger partial charge in [0, 0.05) is 34.2 Å². The van der Waals surface area contributed by atoms with E-state index >= 15 is 0 Å². The topological polar surface area (TPSA) is 71.2 Å². The van der Waals surface area contributed by atoms with Crippen molar-refractivity contribution in [2.24, 2.45) is 0 Å². The molecule has 26 heavy (non-hydrogen) atoms. The molecule has 0 fully saturated rings. The van der Waals surface area contributed by atoms with Crippen LogP contribution in [0, 0.1) is 0 Å². The minimum Gasteiger partial charge on any atom is -0.453 e. The van der Waals surface area contributed by atoms with Crippen molar-refractivity contribution >= 4 is 40.1 Å². The molecule has 0 spiro atoms. The van der Waals surface area contributed by atoms with E-state index in [1.165, 1.54) is 0 Å². The quantitative estimate of drug-likeness (QED) is 0.634. The fourth-order valence-corrected chi connectivity index (χ4v) is 2.79. The van der Waals surface area contributed by atoms with Crippen LogP contribution in [0.1, 0.15) is 18.9 Å². The number of amides is 1. The van der Waals surface area contributed by atoms with Crippen LogP contribution in [0.15, 0.2) is 54.7 Å². The summed E-state index contributed by atoms with van der Waals surface area (Å²) in [4.78, 5) is 27.3. The third kappa shape index (κ3) is 4.43. The SMILES string of the molecule is C[C@@H](OC(=O)CCc1c[nH]c2ccccc12)C(=O)Nc1ccc(Cl)cc1. The number of aryl methyl sites for hydroxylation is 1. The summed E-state index contributed by atoms with van der Waals surface area (Å²) in [5.41, 5.74) is 2.68. The van der Waals surface area contributed by atoms with Crippen molar-refractivity contribution < 1.29 is 14.3 Å². The lowest BCUT2D eigenvalue weighted by Crippen LogP contribution is -2.30. The number of H-pyrrole nitrogens is 1. The fourth-order valence-electron chi connectivity index (χ4n) is 2.66. The van der Waals surface area contributed by atoms with Gasteiger partial charge in [0.2, 0.25) is 0 Å². The number of benzene rings is 2. The molecule has 0 aliphatic carbocycles. The average molecular weight is 371 g/mol. The summed E-state index contributed by atoms with van der Waals surface area (Å²) in [5, 5.41) is 4.36. The van der Waals surface area contributed by atoms with Crippen LogP contribution in [-0.2, 0) is 20.7 Å². The lowest BCUT2D eigenvalue weighted by atomic mass is 10.1. The minimum absolute atomic E-state index is 0.209. The van der Waals surface area contributed by atoms with Crippen LogP contribution in [0.25, 0.3) is 10.9 Å². The molecule has 0 saturated carbocycles. The molecule has 0 saturated heterocycles. The number of carbonyl (C=O) groups is 2. The van der Waals surface area contributed by atoms with E-state index in [-0.39, 0.29) is 12.3 Å². The summed E-state index contributed by atoms with van der Waals surface area (Å²) in [6.07, 6.45) is 1.78. The molecule has 5 nitrogen and oxygen atoms in total. The molecule has 1 heterocycles. The molecule has 1 aromatic heterocycles. The van der Waals surface area contributed by atoms with Gasteiger partial charge >= 0.3 is 5.97 Å². The third-order valence-electron chi connectivity index (χ3n) is 4.06. The average Bonchev–Trinajstić information content (AvgIpc) is 3.05. The van der Waals surface area contributed by atoms with Crippen molar-refractivity contribution in [1.82, 2.24) is 4.98 Å². The number of carbonyl (C=O) groups excluding carboxylic acids is 2. The largest absolute Gasteiger partial charge is 0.453 e. The molecule has 134 valence electrons. The van der Waals surface area contributed by atoms with Gasteiger partial charge in [-0.2, -0.15) is 0 Å². The Hall–Kier alpha value is -2.79. The maximum atomic E-state index is 12.1. The zero-order valence-corrected chi connectivity index (χ0v) is 15.0. The molecule has 1 atom stereocenters. The zero-order valence-electron chi connectivity index (χ0n) is 14.3. The summed E-state index contributed by atoms with van der Waals surface area (Å²) < 4.78 is 5.23. The summed E-state index contributed by atoms with van der Waals surface area (Å²) in [6, 6.07) is 14.6. The summed E-state index contributed by atoms with van der Waals surface area (Å²) >= 11 is 5.81. The van der Waals surface area contributed by atoms with Crippen molar-refractivity contribution in [1.29, 1.82) is 0 Å². The second-order valence-corrected chi connectivity index (χ2v) is 6.42. The van der Waals surface area contributed by atoms with Gasteiger partial charge in [0.05, 0.1) is 0 Å². The normalized spacial score (nSPS) is 11.9. The number of hydrogen-bond acceptors (Lipinski definition) is 3. The molecular formula is C20H19ClN2O3. The highest BCUT2D eigenvalue weighted by molar-refractivity contribution is 6.30. The van der Waals surface area contributed by atoms with Crippen LogP contribution in [0.2, 0.25) is 5.02 Å². The molecule has 0 aliphatic heterocycles. The van der Waals surface area contributed by atoms with Crippen molar-refractivity contribution in [2.45, 2.75) is 25.9 Å². The number of aromatic nitrogens is 1. The van der Waals surface area contributed by atoms with E-state index in [1.807, 2.05) is 30.5 Å². The molecule has 2 N–H and O–H groups in total. The van der Waals surface area contributed by atoms with Gasteiger partial charge < -0.3 is 15.0 Å². The van der Waals surface area contributed by atoms with Crippen molar-refractivity contribution in [2.75, 3.05) is 5.32 Å². The molecule has 1 amide bonds. The highest BCUT2D eigenvalue weighted by atomic mass is 35.5. The number of esters is 1. The van der Waals surface area contributed by atoms with E-state index in [0.29, 0.717) is 17.1 Å². The maximum absolute atomic E-state index is 12.1. The number of fused-ring (bicyclic) bond motifs is 1. The lowest BCUT2D eigenvalue weighted by molar-refractivity contribution is -0.153. The summed E-state index contributed by atoms with van der Waals surface area (Å²) in [7, 11) is 0. The first kappa shape index (κ1) is 18.0. The van der Waals surface area contributed by atoms with Crippen LogP contribution in [-0.4, -0.2) is 23.0 Å². The smallest absolute Gasteiger partial charge is 0.306 e. The second kappa shape index (κ2) is 8.06. The first-order chi connectivity index (χ1) is 12.5. The van der Waals surface area contributed by atoms with Gasteiger partial charge in [-0.25, -0.2) is 0 Å². The Kier molecular flexibility index (Phi) is 5.58. The molecular weight excluding hydrogens is 352 g/mol. The predicted octanol–water partition coefficient (Wildman–Crippen LogP) is 4.32. The molecule has 0 radical (unpaired) electrons. The van der Waals surface area contributed by atoms with Crippen LogP contribution in [0.5, 0.6) is 0 Å². The molecule has 0 bridgehead atoms. The molecule has 3 rings (SSSR count). The second-order valence-electron chi connectivity index (χ2n) is 5.99. The van der Waals surface area contributed by atoms with Crippen LogP contribution < -0.4 is 5.32 Å². The number of hydrogen-bond donors (Lipinski definition) is 2. The van der Waals surface area contributed by atoms with E-state index in [1.54, 1.807) is 31.2 Å². The van der Waals surface area contributed by atoms with E-state index in [9.17, 15) is 9.59 Å². The number of aromatic amines is 1. The van der Waals surface area contributed by atoms with E-state index < -0.39 is 12.1 Å². The first-order valence-corrected chi connectivity index (χ1v) is 8.71. The summed E-state index contributed by atoms with van der Waals surface area (Å²) in [6.45, 7) is 1.55. The number of para-hydroxylation sites is 1. The number of halogens is 1. The first-order valence-electron chi connectivity index (χ1n) is 8.34. The molecule has 0 aliphatic rings. The van der Waals surface area contributed by atoms with Crippen molar-refractivity contribution in [3.05, 3.63) is 65.3 Å². The van der Waals surface area contributed by atoms with Gasteiger partial charge in [-0.15, -0.1) is 0 Å². The Morgan fingerprint density at radius 1 is 1.15 bits per heavy atom. The number of rotatable bonds is 6. The Morgan fingerprint density at radius 3 is 2.65 bits per heavy atom. The number of ether oxygens (including phenoxy) is 1. The van der Waals surface area contributed by atoms with Gasteiger partial charge in [0.25, 0.3) is 5.91 Å².